The van der Waals surface area contributed by atoms with E-state index in [9.17, 15) is 9.59 Å². The molecular weight excluding hydrogens is 288 g/mol. The molecule has 2 N–H and O–H groups in total. The van der Waals surface area contributed by atoms with Gasteiger partial charge < -0.3 is 15.2 Å². The van der Waals surface area contributed by atoms with E-state index in [4.69, 9.17) is 9.84 Å². The Bertz CT molecular complexity index is 683. The molecule has 2 rings (SSSR count). The van der Waals surface area contributed by atoms with Gasteiger partial charge in [0.05, 0.1) is 18.5 Å². The zero-order valence-electron chi connectivity index (χ0n) is 12.2. The van der Waals surface area contributed by atoms with E-state index in [2.05, 4.69) is 15.6 Å². The van der Waals surface area contributed by atoms with Crippen LogP contribution in [0.5, 0.6) is 5.75 Å². The molecule has 0 aliphatic rings. The maximum atomic E-state index is 12.3. The van der Waals surface area contributed by atoms with Crippen LogP contribution >= 0.6 is 0 Å². The smallest absolute Gasteiger partial charge is 0.355 e. The Kier molecular flexibility index (Phi) is 4.72. The van der Waals surface area contributed by atoms with Gasteiger partial charge in [-0.05, 0) is 26.0 Å². The molecule has 8 heteroatoms. The zero-order valence-corrected chi connectivity index (χ0v) is 12.2. The van der Waals surface area contributed by atoms with Gasteiger partial charge in [0.15, 0.2) is 5.69 Å². The highest BCUT2D eigenvalue weighted by Crippen LogP contribution is 2.24. The fourth-order valence-electron chi connectivity index (χ4n) is 1.88. The lowest BCUT2D eigenvalue weighted by Gasteiger charge is -2.15. The van der Waals surface area contributed by atoms with E-state index in [1.807, 2.05) is 6.92 Å². The number of carboxylic acid groups (broad SMARTS) is 1. The molecule has 1 atom stereocenters. The van der Waals surface area contributed by atoms with Crippen molar-refractivity contribution >= 4 is 17.6 Å². The Morgan fingerprint density at radius 3 is 2.82 bits per heavy atom. The zero-order chi connectivity index (χ0) is 16.1. The van der Waals surface area contributed by atoms with E-state index >= 15 is 0 Å². The molecule has 0 bridgehead atoms. The largest absolute Gasteiger partial charge is 0.492 e. The molecule has 0 radical (unpaired) electrons. The number of carbonyl (C=O) groups is 2. The SMILES string of the molecule is CCOc1ccccc1NC(=O)C(C)n1nncc1C(=O)O. The van der Waals surface area contributed by atoms with Crippen LogP contribution in [0, 0.1) is 0 Å². The second kappa shape index (κ2) is 6.70. The minimum Gasteiger partial charge on any atom is -0.492 e. The van der Waals surface area contributed by atoms with Gasteiger partial charge in [-0.25, -0.2) is 9.48 Å². The molecule has 0 fully saturated rings. The summed E-state index contributed by atoms with van der Waals surface area (Å²) >= 11 is 0. The van der Waals surface area contributed by atoms with E-state index in [-0.39, 0.29) is 5.69 Å². The Balaban J connectivity index is 2.18. The molecule has 0 aliphatic carbocycles. The van der Waals surface area contributed by atoms with Crippen molar-refractivity contribution in [2.75, 3.05) is 11.9 Å². The number of aromatic nitrogens is 3. The number of carbonyl (C=O) groups excluding carboxylic acids is 1. The monoisotopic (exact) mass is 304 g/mol. The predicted octanol–water partition coefficient (Wildman–Crippen LogP) is 1.57. The number of amides is 1. The Hall–Kier alpha value is -2.90. The summed E-state index contributed by atoms with van der Waals surface area (Å²) in [7, 11) is 0. The number of carboxylic acids is 1. The molecule has 2 aromatic rings. The fourth-order valence-corrected chi connectivity index (χ4v) is 1.88. The number of hydrogen-bond acceptors (Lipinski definition) is 5. The highest BCUT2D eigenvalue weighted by molar-refractivity contribution is 5.95. The number of aromatic carboxylic acids is 1. The van der Waals surface area contributed by atoms with E-state index in [1.54, 1.807) is 31.2 Å². The van der Waals surface area contributed by atoms with Crippen molar-refractivity contribution in [1.82, 2.24) is 15.0 Å². The lowest BCUT2D eigenvalue weighted by Crippen LogP contribution is -2.27. The van der Waals surface area contributed by atoms with Crippen molar-refractivity contribution < 1.29 is 19.4 Å². The summed E-state index contributed by atoms with van der Waals surface area (Å²) in [6, 6.07) is 6.17. The van der Waals surface area contributed by atoms with Gasteiger partial charge in [-0.2, -0.15) is 0 Å². The number of anilines is 1. The van der Waals surface area contributed by atoms with Crippen LogP contribution in [-0.2, 0) is 4.79 Å². The van der Waals surface area contributed by atoms with Gasteiger partial charge in [-0.15, -0.1) is 5.10 Å². The molecule has 0 saturated carbocycles. The van der Waals surface area contributed by atoms with Crippen LogP contribution < -0.4 is 10.1 Å². The molecule has 0 aliphatic heterocycles. The first kappa shape index (κ1) is 15.5. The third-order valence-electron chi connectivity index (χ3n) is 2.99. The summed E-state index contributed by atoms with van der Waals surface area (Å²) in [5.41, 5.74) is 0.360. The summed E-state index contributed by atoms with van der Waals surface area (Å²) in [5, 5.41) is 18.9. The summed E-state index contributed by atoms with van der Waals surface area (Å²) < 4.78 is 6.48. The van der Waals surface area contributed by atoms with Gasteiger partial charge in [0.2, 0.25) is 5.91 Å². The summed E-state index contributed by atoms with van der Waals surface area (Å²) in [6.07, 6.45) is 1.10. The second-order valence-corrected chi connectivity index (χ2v) is 4.46. The maximum absolute atomic E-state index is 12.3. The van der Waals surface area contributed by atoms with Gasteiger partial charge >= 0.3 is 5.97 Å². The third kappa shape index (κ3) is 3.22. The number of nitrogens with one attached hydrogen (secondary N) is 1. The molecule has 0 saturated heterocycles. The minimum atomic E-state index is -1.20. The maximum Gasteiger partial charge on any atom is 0.355 e. The first-order valence-electron chi connectivity index (χ1n) is 6.70. The normalized spacial score (nSPS) is 11.7. The molecule has 1 aromatic carbocycles. The number of ether oxygens (including phenoxy) is 1. The van der Waals surface area contributed by atoms with Gasteiger partial charge in [0, 0.05) is 0 Å². The van der Waals surface area contributed by atoms with E-state index < -0.39 is 17.9 Å². The number of rotatable bonds is 6. The van der Waals surface area contributed by atoms with Crippen molar-refractivity contribution in [3.05, 3.63) is 36.2 Å². The average Bonchev–Trinajstić information content (AvgIpc) is 2.98. The van der Waals surface area contributed by atoms with Crippen LogP contribution in [0.2, 0.25) is 0 Å². The van der Waals surface area contributed by atoms with E-state index in [1.165, 1.54) is 0 Å². The third-order valence-corrected chi connectivity index (χ3v) is 2.99. The molecule has 1 heterocycles. The van der Waals surface area contributed by atoms with Crippen molar-refractivity contribution in [2.45, 2.75) is 19.9 Å². The molecule has 116 valence electrons. The van der Waals surface area contributed by atoms with Crippen LogP contribution in [0.15, 0.2) is 30.5 Å². The Morgan fingerprint density at radius 2 is 2.14 bits per heavy atom. The van der Waals surface area contributed by atoms with E-state index in [0.29, 0.717) is 18.0 Å². The molecule has 0 spiro atoms. The highest BCUT2D eigenvalue weighted by atomic mass is 16.5. The first-order valence-corrected chi connectivity index (χ1v) is 6.70. The Morgan fingerprint density at radius 1 is 1.41 bits per heavy atom. The summed E-state index contributed by atoms with van der Waals surface area (Å²) in [6.45, 7) is 3.85. The van der Waals surface area contributed by atoms with Crippen LogP contribution in [0.4, 0.5) is 5.69 Å². The second-order valence-electron chi connectivity index (χ2n) is 4.46. The predicted molar refractivity (Wildman–Crippen MR) is 77.9 cm³/mol. The number of benzene rings is 1. The standard InChI is InChI=1S/C14H16N4O4/c1-3-22-12-7-5-4-6-10(12)16-13(19)9(2)18-11(14(20)21)8-15-17-18/h4-9H,3H2,1-2H3,(H,16,19)(H,20,21). The van der Waals surface area contributed by atoms with Gasteiger partial charge in [0.1, 0.15) is 11.8 Å². The molecule has 1 amide bonds. The summed E-state index contributed by atoms with van der Waals surface area (Å²) in [5.74, 6) is -1.07. The fraction of sp³-hybridized carbons (Fsp3) is 0.286. The quantitative estimate of drug-likeness (QED) is 0.839. The molecular formula is C14H16N4O4. The van der Waals surface area contributed by atoms with Crippen molar-refractivity contribution in [3.8, 4) is 5.75 Å². The van der Waals surface area contributed by atoms with Crippen molar-refractivity contribution in [2.24, 2.45) is 0 Å². The number of para-hydroxylation sites is 2. The van der Waals surface area contributed by atoms with Gasteiger partial charge in [-0.1, -0.05) is 17.3 Å². The van der Waals surface area contributed by atoms with Crippen molar-refractivity contribution in [3.63, 3.8) is 0 Å². The van der Waals surface area contributed by atoms with Crippen LogP contribution in [0.1, 0.15) is 30.4 Å². The highest BCUT2D eigenvalue weighted by Gasteiger charge is 2.23. The number of nitrogens with zero attached hydrogens (tertiary/aromatic N) is 3. The van der Waals surface area contributed by atoms with E-state index in [0.717, 1.165) is 10.9 Å². The molecule has 1 aromatic heterocycles. The lowest BCUT2D eigenvalue weighted by atomic mass is 10.2. The van der Waals surface area contributed by atoms with Gasteiger partial charge in [-0.3, -0.25) is 4.79 Å². The first-order chi connectivity index (χ1) is 10.5. The number of hydrogen-bond donors (Lipinski definition) is 2. The topological polar surface area (TPSA) is 106 Å². The lowest BCUT2D eigenvalue weighted by molar-refractivity contribution is -0.119. The minimum absolute atomic E-state index is 0.152. The Labute approximate surface area is 126 Å². The van der Waals surface area contributed by atoms with Gasteiger partial charge in [0.25, 0.3) is 0 Å². The van der Waals surface area contributed by atoms with Crippen LogP contribution in [0.25, 0.3) is 0 Å². The van der Waals surface area contributed by atoms with Crippen molar-refractivity contribution in [1.29, 1.82) is 0 Å². The molecule has 22 heavy (non-hydrogen) atoms. The molecule has 1 unspecified atom stereocenters. The summed E-state index contributed by atoms with van der Waals surface area (Å²) in [4.78, 5) is 23.3. The van der Waals surface area contributed by atoms with Crippen LogP contribution in [-0.4, -0.2) is 38.6 Å². The average molecular weight is 304 g/mol. The van der Waals surface area contributed by atoms with Crippen LogP contribution in [0.3, 0.4) is 0 Å². The molecule has 8 nitrogen and oxygen atoms in total.